The normalized spacial score (nSPS) is 28.6. The average Bonchev–Trinajstić information content (AvgIpc) is 2.89. The van der Waals surface area contributed by atoms with Gasteiger partial charge in [0, 0.05) is 10.8 Å². The second-order valence-corrected chi connectivity index (χ2v) is 14.8. The lowest BCUT2D eigenvalue weighted by atomic mass is 9.38. The molecule has 5 unspecified atom stereocenters. The SMILES string of the molecule is CC(OC(=O)C(C)(O)C(F)(F)F)C(=O)OC(C)(C)C12CC3CC(C1)CC(C(C)(C)OC(=O)C(C)OC(=O)C(O)(C(F)(F)F)C(F)(F)F)(C3)C2. The van der Waals surface area contributed by atoms with Crippen LogP contribution in [0.4, 0.5) is 39.5 Å². The molecule has 49 heavy (non-hydrogen) atoms. The van der Waals surface area contributed by atoms with Crippen molar-refractivity contribution in [3.8, 4) is 0 Å². The molecule has 282 valence electrons. The number of alkyl halides is 9. The smallest absolute Gasteiger partial charge is 0.437 e. The summed E-state index contributed by atoms with van der Waals surface area (Å²) in [6.07, 6.45) is -19.8. The van der Waals surface area contributed by atoms with Gasteiger partial charge in [-0.2, -0.15) is 39.5 Å². The van der Waals surface area contributed by atoms with Gasteiger partial charge >= 0.3 is 48.0 Å². The lowest BCUT2D eigenvalue weighted by Gasteiger charge is -2.68. The van der Waals surface area contributed by atoms with Gasteiger partial charge in [0.05, 0.1) is 0 Å². The third kappa shape index (κ3) is 6.94. The number of hydrogen-bond donors (Lipinski definition) is 2. The molecule has 4 aliphatic carbocycles. The molecule has 4 fully saturated rings. The fraction of sp³-hybridized carbons (Fsp3) is 0.867. The Morgan fingerprint density at radius 1 is 0.612 bits per heavy atom. The maximum absolute atomic E-state index is 13.1. The molecular formula is C30H39F9O10. The van der Waals surface area contributed by atoms with Crippen LogP contribution in [-0.2, 0) is 38.1 Å². The molecule has 2 N–H and O–H groups in total. The Morgan fingerprint density at radius 2 is 0.939 bits per heavy atom. The number of hydrogen-bond acceptors (Lipinski definition) is 10. The fourth-order valence-corrected chi connectivity index (χ4v) is 7.68. The second kappa shape index (κ2) is 12.1. The van der Waals surface area contributed by atoms with Crippen LogP contribution in [0, 0.1) is 22.7 Å². The van der Waals surface area contributed by atoms with E-state index in [-0.39, 0.29) is 25.2 Å². The maximum Gasteiger partial charge on any atom is 0.437 e. The standard InChI is InChI=1S/C30H39F9O10/c1-14(46-20(42)24(7,44)28(31,32)33)18(40)48-22(3,4)25-9-16-8-17(10-25)12-26(11-16,13-25)23(5,6)49-19(41)15(2)47-21(43)27(45,29(34,35)36)30(37,38)39/h14-17,44-45H,8-13H2,1-7H3. The summed E-state index contributed by atoms with van der Waals surface area (Å²) in [6.45, 7) is 7.84. The quantitative estimate of drug-likeness (QED) is 0.174. The van der Waals surface area contributed by atoms with Crippen LogP contribution < -0.4 is 0 Å². The van der Waals surface area contributed by atoms with Crippen molar-refractivity contribution in [2.45, 2.75) is 140 Å². The average molecular weight is 731 g/mol. The highest BCUT2D eigenvalue weighted by Crippen LogP contribution is 2.71. The van der Waals surface area contributed by atoms with E-state index in [9.17, 15) is 68.9 Å². The molecule has 4 saturated carbocycles. The van der Waals surface area contributed by atoms with Gasteiger partial charge in [0.25, 0.3) is 5.60 Å². The van der Waals surface area contributed by atoms with E-state index in [0.29, 0.717) is 32.6 Å². The molecule has 0 spiro atoms. The molecule has 0 amide bonds. The molecule has 0 radical (unpaired) electrons. The zero-order chi connectivity index (χ0) is 38.2. The zero-order valence-electron chi connectivity index (χ0n) is 27.6. The summed E-state index contributed by atoms with van der Waals surface area (Å²) in [5.74, 6) is -8.06. The minimum atomic E-state index is -6.53. The van der Waals surface area contributed by atoms with E-state index < -0.39 is 87.8 Å². The van der Waals surface area contributed by atoms with Gasteiger partial charge < -0.3 is 29.2 Å². The van der Waals surface area contributed by atoms with Crippen molar-refractivity contribution in [2.75, 3.05) is 0 Å². The maximum atomic E-state index is 13.1. The summed E-state index contributed by atoms with van der Waals surface area (Å²) in [5.41, 5.74) is -14.4. The van der Waals surface area contributed by atoms with Crippen molar-refractivity contribution in [3.05, 3.63) is 0 Å². The number of carbonyl (C=O) groups excluding carboxylic acids is 4. The summed E-state index contributed by atoms with van der Waals surface area (Å²) >= 11 is 0. The minimum absolute atomic E-state index is 0.0295. The molecule has 5 atom stereocenters. The number of esters is 4. The Balaban J connectivity index is 1.80. The van der Waals surface area contributed by atoms with E-state index in [1.54, 1.807) is 13.8 Å². The number of halogens is 9. The van der Waals surface area contributed by atoms with E-state index in [0.717, 1.165) is 13.3 Å². The van der Waals surface area contributed by atoms with Gasteiger partial charge in [-0.1, -0.05) is 0 Å². The van der Waals surface area contributed by atoms with Crippen LogP contribution in [0.25, 0.3) is 0 Å². The van der Waals surface area contributed by atoms with Crippen LogP contribution in [0.5, 0.6) is 0 Å². The molecule has 4 bridgehead atoms. The monoisotopic (exact) mass is 730 g/mol. The van der Waals surface area contributed by atoms with Crippen molar-refractivity contribution >= 4 is 23.9 Å². The Morgan fingerprint density at radius 3 is 1.24 bits per heavy atom. The third-order valence-corrected chi connectivity index (χ3v) is 10.6. The summed E-state index contributed by atoms with van der Waals surface area (Å²) in [6, 6.07) is 0. The van der Waals surface area contributed by atoms with Crippen molar-refractivity contribution in [1.82, 2.24) is 0 Å². The predicted molar refractivity (Wildman–Crippen MR) is 145 cm³/mol. The Hall–Kier alpha value is -2.83. The first-order valence-electron chi connectivity index (χ1n) is 15.2. The summed E-state index contributed by atoms with van der Waals surface area (Å²) in [5, 5.41) is 18.9. The van der Waals surface area contributed by atoms with E-state index in [1.807, 2.05) is 0 Å². The minimum Gasteiger partial charge on any atom is -0.456 e. The highest BCUT2D eigenvalue weighted by Gasteiger charge is 2.77. The van der Waals surface area contributed by atoms with Crippen molar-refractivity contribution in [2.24, 2.45) is 22.7 Å². The zero-order valence-corrected chi connectivity index (χ0v) is 27.6. The lowest BCUT2D eigenvalue weighted by molar-refractivity contribution is -0.357. The Labute approximate surface area is 274 Å². The molecule has 0 heterocycles. The number of ether oxygens (including phenoxy) is 4. The molecule has 0 aromatic rings. The highest BCUT2D eigenvalue weighted by atomic mass is 19.4. The first kappa shape index (κ1) is 40.6. The van der Waals surface area contributed by atoms with Gasteiger partial charge in [-0.25, -0.2) is 19.2 Å². The Bertz CT molecular complexity index is 1300. The summed E-state index contributed by atoms with van der Waals surface area (Å²) in [7, 11) is 0. The van der Waals surface area contributed by atoms with Crippen molar-refractivity contribution in [1.29, 1.82) is 0 Å². The lowest BCUT2D eigenvalue weighted by Crippen LogP contribution is -2.66. The molecule has 0 aliphatic heterocycles. The van der Waals surface area contributed by atoms with Gasteiger partial charge in [0.15, 0.2) is 12.2 Å². The molecule has 0 aromatic heterocycles. The molecule has 19 heteroatoms. The molecule has 4 rings (SSSR count). The fourth-order valence-electron chi connectivity index (χ4n) is 7.68. The topological polar surface area (TPSA) is 146 Å². The third-order valence-electron chi connectivity index (χ3n) is 10.6. The van der Waals surface area contributed by atoms with Gasteiger partial charge in [-0.15, -0.1) is 0 Å². The highest BCUT2D eigenvalue weighted by molar-refractivity contribution is 5.85. The van der Waals surface area contributed by atoms with Crippen LogP contribution in [0.1, 0.15) is 87.0 Å². The molecule has 0 aromatic carbocycles. The van der Waals surface area contributed by atoms with E-state index >= 15 is 0 Å². The molecule has 10 nitrogen and oxygen atoms in total. The van der Waals surface area contributed by atoms with Crippen molar-refractivity contribution < 1.29 is 87.9 Å². The first-order chi connectivity index (χ1) is 21.7. The van der Waals surface area contributed by atoms with E-state index in [1.165, 1.54) is 13.8 Å². The van der Waals surface area contributed by atoms with Crippen LogP contribution >= 0.6 is 0 Å². The molecular weight excluding hydrogens is 691 g/mol. The summed E-state index contributed by atoms with van der Waals surface area (Å²) in [4.78, 5) is 50.0. The molecule has 4 aliphatic rings. The summed E-state index contributed by atoms with van der Waals surface area (Å²) < 4.78 is 138. The molecule has 0 saturated heterocycles. The number of aliphatic hydroxyl groups is 2. The van der Waals surface area contributed by atoms with Crippen LogP contribution in [-0.4, -0.2) is 87.2 Å². The Kier molecular flexibility index (Phi) is 10.1. The first-order valence-corrected chi connectivity index (χ1v) is 15.2. The van der Waals surface area contributed by atoms with Crippen molar-refractivity contribution in [3.63, 3.8) is 0 Å². The number of rotatable bonds is 10. The largest absolute Gasteiger partial charge is 0.456 e. The predicted octanol–water partition coefficient (Wildman–Crippen LogP) is 5.25. The van der Waals surface area contributed by atoms with Gasteiger partial charge in [0.1, 0.15) is 11.2 Å². The second-order valence-electron chi connectivity index (χ2n) is 14.8. The number of carbonyl (C=O) groups is 4. The van der Waals surface area contributed by atoms with E-state index in [2.05, 4.69) is 9.47 Å². The van der Waals surface area contributed by atoms with Crippen LogP contribution in [0.2, 0.25) is 0 Å². The van der Waals surface area contributed by atoms with Gasteiger partial charge in [-0.3, -0.25) is 0 Å². The van der Waals surface area contributed by atoms with E-state index in [4.69, 9.17) is 9.47 Å². The van der Waals surface area contributed by atoms with Crippen LogP contribution in [0.15, 0.2) is 0 Å². The van der Waals surface area contributed by atoms with Gasteiger partial charge in [0.2, 0.25) is 0 Å². The van der Waals surface area contributed by atoms with Crippen LogP contribution in [0.3, 0.4) is 0 Å². The van der Waals surface area contributed by atoms with Gasteiger partial charge in [-0.05, 0) is 98.8 Å².